The van der Waals surface area contributed by atoms with Gasteiger partial charge >= 0.3 is 0 Å². The maximum absolute atomic E-state index is 13.4. The van der Waals surface area contributed by atoms with Gasteiger partial charge in [-0.05, 0) is 32.0 Å². The third-order valence-electron chi connectivity index (χ3n) is 3.33. The Balaban J connectivity index is 1.98. The molecule has 0 aliphatic carbocycles. The topological polar surface area (TPSA) is 105 Å². The number of aromatic nitrogens is 2. The Labute approximate surface area is 152 Å². The molecule has 0 amide bonds. The van der Waals surface area contributed by atoms with Crippen LogP contribution in [0.15, 0.2) is 29.2 Å². The molecule has 0 radical (unpaired) electrons. The summed E-state index contributed by atoms with van der Waals surface area (Å²) in [6, 6.07) is 5.07. The van der Waals surface area contributed by atoms with Gasteiger partial charge in [0, 0.05) is 25.7 Å². The van der Waals surface area contributed by atoms with Gasteiger partial charge in [-0.1, -0.05) is 0 Å². The monoisotopic (exact) mass is 383 g/mol. The Hall–Kier alpha value is -2.46. The van der Waals surface area contributed by atoms with E-state index < -0.39 is 15.8 Å². The summed E-state index contributed by atoms with van der Waals surface area (Å²) in [4.78, 5) is 8.23. The zero-order valence-corrected chi connectivity index (χ0v) is 15.7. The number of anilines is 2. The Morgan fingerprint density at radius 1 is 1.12 bits per heavy atom. The number of hydrogen-bond donors (Lipinski definition) is 3. The zero-order valence-electron chi connectivity index (χ0n) is 14.8. The molecule has 10 heteroatoms. The van der Waals surface area contributed by atoms with Crippen LogP contribution < -0.4 is 20.1 Å². The molecule has 2 rings (SSSR count). The Kier molecular flexibility index (Phi) is 6.70. The predicted molar refractivity (Wildman–Crippen MR) is 97.6 cm³/mol. The van der Waals surface area contributed by atoms with Crippen LogP contribution in [0, 0.1) is 12.7 Å². The maximum atomic E-state index is 13.4. The van der Waals surface area contributed by atoms with Crippen LogP contribution >= 0.6 is 0 Å². The van der Waals surface area contributed by atoms with Crippen molar-refractivity contribution < 1.29 is 17.5 Å². The number of ether oxygens (including phenoxy) is 1. The SMILES string of the molecule is CCNc1cc(NCCNS(=O)(=O)c2cc(F)ccc2OC)nc(C)n1. The number of hydrogen-bond acceptors (Lipinski definition) is 7. The molecular formula is C16H22FN5O3S. The number of sulfonamides is 1. The molecular weight excluding hydrogens is 361 g/mol. The minimum atomic E-state index is -3.91. The minimum Gasteiger partial charge on any atom is -0.495 e. The van der Waals surface area contributed by atoms with E-state index >= 15 is 0 Å². The molecule has 0 aliphatic rings. The van der Waals surface area contributed by atoms with Gasteiger partial charge in [0.2, 0.25) is 10.0 Å². The van der Waals surface area contributed by atoms with Crippen LogP contribution in [0.25, 0.3) is 0 Å². The molecule has 0 saturated heterocycles. The van der Waals surface area contributed by atoms with Gasteiger partial charge < -0.3 is 15.4 Å². The Morgan fingerprint density at radius 2 is 1.81 bits per heavy atom. The molecule has 8 nitrogen and oxygen atoms in total. The fourth-order valence-corrected chi connectivity index (χ4v) is 3.45. The number of benzene rings is 1. The molecule has 1 heterocycles. The third kappa shape index (κ3) is 5.27. The highest BCUT2D eigenvalue weighted by molar-refractivity contribution is 7.89. The number of halogens is 1. The summed E-state index contributed by atoms with van der Waals surface area (Å²) in [6.45, 7) is 4.83. The van der Waals surface area contributed by atoms with Gasteiger partial charge in [0.15, 0.2) is 0 Å². The largest absolute Gasteiger partial charge is 0.495 e. The molecule has 0 unspecified atom stereocenters. The van der Waals surface area contributed by atoms with Crippen LogP contribution in [0.2, 0.25) is 0 Å². The third-order valence-corrected chi connectivity index (χ3v) is 4.82. The number of methoxy groups -OCH3 is 1. The van der Waals surface area contributed by atoms with Crippen molar-refractivity contribution in [3.05, 3.63) is 35.9 Å². The molecule has 0 saturated carbocycles. The van der Waals surface area contributed by atoms with Crippen molar-refractivity contribution in [2.24, 2.45) is 0 Å². The van der Waals surface area contributed by atoms with E-state index in [0.29, 0.717) is 24.0 Å². The van der Waals surface area contributed by atoms with E-state index in [-0.39, 0.29) is 17.2 Å². The van der Waals surface area contributed by atoms with Crippen LogP contribution in [0.4, 0.5) is 16.0 Å². The molecule has 0 atom stereocenters. The van der Waals surface area contributed by atoms with Crippen molar-refractivity contribution in [1.82, 2.24) is 14.7 Å². The highest BCUT2D eigenvalue weighted by Gasteiger charge is 2.19. The van der Waals surface area contributed by atoms with Gasteiger partial charge in [-0.2, -0.15) is 0 Å². The van der Waals surface area contributed by atoms with Crippen molar-refractivity contribution in [2.75, 3.05) is 37.4 Å². The molecule has 1 aromatic carbocycles. The van der Waals surface area contributed by atoms with E-state index in [1.54, 1.807) is 13.0 Å². The van der Waals surface area contributed by atoms with E-state index in [0.717, 1.165) is 18.7 Å². The van der Waals surface area contributed by atoms with Gasteiger partial charge in [0.25, 0.3) is 0 Å². The van der Waals surface area contributed by atoms with Gasteiger partial charge in [0.05, 0.1) is 7.11 Å². The normalized spacial score (nSPS) is 11.2. The standard InChI is InChI=1S/C16H22FN5O3S/c1-4-18-15-10-16(22-11(2)21-15)19-7-8-20-26(23,24)14-9-12(17)5-6-13(14)25-3/h5-6,9-10,20H,4,7-8H2,1-3H3,(H2,18,19,21,22). The molecule has 0 spiro atoms. The van der Waals surface area contributed by atoms with Crippen molar-refractivity contribution in [2.45, 2.75) is 18.7 Å². The second-order valence-corrected chi connectivity index (χ2v) is 7.07. The second-order valence-electron chi connectivity index (χ2n) is 5.34. The summed E-state index contributed by atoms with van der Waals surface area (Å²) in [5.41, 5.74) is 0. The lowest BCUT2D eigenvalue weighted by Gasteiger charge is -2.12. The summed E-state index contributed by atoms with van der Waals surface area (Å²) >= 11 is 0. The first-order valence-electron chi connectivity index (χ1n) is 8.02. The van der Waals surface area contributed by atoms with Crippen molar-refractivity contribution in [3.8, 4) is 5.75 Å². The fourth-order valence-electron chi connectivity index (χ4n) is 2.24. The first-order valence-corrected chi connectivity index (χ1v) is 9.50. The molecule has 2 aromatic rings. The van der Waals surface area contributed by atoms with Crippen LogP contribution in [0.1, 0.15) is 12.7 Å². The van der Waals surface area contributed by atoms with E-state index in [9.17, 15) is 12.8 Å². The quantitative estimate of drug-likeness (QED) is 0.567. The smallest absolute Gasteiger partial charge is 0.244 e. The lowest BCUT2D eigenvalue weighted by atomic mass is 10.3. The average molecular weight is 383 g/mol. The summed E-state index contributed by atoms with van der Waals surface area (Å²) < 4.78 is 45.5. The fraction of sp³-hybridized carbons (Fsp3) is 0.375. The first-order chi connectivity index (χ1) is 12.4. The molecule has 0 fully saturated rings. The molecule has 1 aromatic heterocycles. The van der Waals surface area contributed by atoms with Crippen LogP contribution in [-0.2, 0) is 10.0 Å². The molecule has 26 heavy (non-hydrogen) atoms. The predicted octanol–water partition coefficient (Wildman–Crippen LogP) is 1.75. The number of nitrogens with zero attached hydrogens (tertiary/aromatic N) is 2. The first kappa shape index (κ1) is 19.9. The summed E-state index contributed by atoms with van der Waals surface area (Å²) in [7, 11) is -2.58. The summed E-state index contributed by atoms with van der Waals surface area (Å²) in [5.74, 6) is 1.28. The minimum absolute atomic E-state index is 0.0774. The van der Waals surface area contributed by atoms with Gasteiger partial charge in [-0.3, -0.25) is 0 Å². The van der Waals surface area contributed by atoms with Crippen molar-refractivity contribution in [3.63, 3.8) is 0 Å². The zero-order chi connectivity index (χ0) is 19.2. The maximum Gasteiger partial charge on any atom is 0.244 e. The van der Waals surface area contributed by atoms with E-state index in [4.69, 9.17) is 4.74 Å². The van der Waals surface area contributed by atoms with Crippen molar-refractivity contribution in [1.29, 1.82) is 0 Å². The Bertz CT molecular complexity index is 861. The highest BCUT2D eigenvalue weighted by Crippen LogP contribution is 2.24. The lowest BCUT2D eigenvalue weighted by molar-refractivity contribution is 0.400. The van der Waals surface area contributed by atoms with Crippen LogP contribution in [0.3, 0.4) is 0 Å². The lowest BCUT2D eigenvalue weighted by Crippen LogP contribution is -2.29. The van der Waals surface area contributed by atoms with Gasteiger partial charge in [-0.15, -0.1) is 0 Å². The van der Waals surface area contributed by atoms with E-state index in [1.165, 1.54) is 13.2 Å². The number of aryl methyl sites for hydroxylation is 1. The molecule has 142 valence electrons. The average Bonchev–Trinajstić information content (AvgIpc) is 2.58. The number of nitrogens with one attached hydrogen (secondary N) is 3. The molecule has 0 bridgehead atoms. The van der Waals surface area contributed by atoms with E-state index in [1.807, 2.05) is 6.92 Å². The Morgan fingerprint density at radius 3 is 2.46 bits per heavy atom. The van der Waals surface area contributed by atoms with Gasteiger partial charge in [0.1, 0.15) is 33.9 Å². The van der Waals surface area contributed by atoms with Crippen molar-refractivity contribution >= 4 is 21.7 Å². The van der Waals surface area contributed by atoms with E-state index in [2.05, 4.69) is 25.3 Å². The highest BCUT2D eigenvalue weighted by atomic mass is 32.2. The van der Waals surface area contributed by atoms with Crippen LogP contribution in [-0.4, -0.2) is 45.1 Å². The summed E-state index contributed by atoms with van der Waals surface area (Å²) in [5, 5.41) is 6.12. The summed E-state index contributed by atoms with van der Waals surface area (Å²) in [6.07, 6.45) is 0. The van der Waals surface area contributed by atoms with Crippen LogP contribution in [0.5, 0.6) is 5.75 Å². The molecule has 0 aliphatic heterocycles. The molecule has 3 N–H and O–H groups in total. The second kappa shape index (κ2) is 8.77. The number of rotatable bonds is 9. The van der Waals surface area contributed by atoms with Gasteiger partial charge in [-0.25, -0.2) is 27.5 Å².